The number of amides is 1. The highest BCUT2D eigenvalue weighted by atomic mass is 79.9. The first kappa shape index (κ1) is 13.8. The maximum absolute atomic E-state index is 13.7. The second kappa shape index (κ2) is 6.02. The Balaban J connectivity index is 2.13. The van der Waals surface area contributed by atoms with E-state index in [2.05, 4.69) is 15.9 Å². The summed E-state index contributed by atoms with van der Waals surface area (Å²) in [6.45, 7) is 1.37. The first-order chi connectivity index (χ1) is 8.63. The Bertz CT molecular complexity index is 434. The van der Waals surface area contributed by atoms with Gasteiger partial charge in [0, 0.05) is 18.4 Å². The van der Waals surface area contributed by atoms with Gasteiger partial charge < -0.3 is 4.90 Å². The van der Waals surface area contributed by atoms with Crippen molar-refractivity contribution >= 4 is 33.4 Å². The molecule has 2 nitrogen and oxygen atoms in total. The fourth-order valence-corrected chi connectivity index (χ4v) is 3.16. The van der Waals surface area contributed by atoms with Gasteiger partial charge in [0.25, 0.3) is 5.91 Å². The average molecular weight is 335 g/mol. The third-order valence-electron chi connectivity index (χ3n) is 3.27. The summed E-state index contributed by atoms with van der Waals surface area (Å²) in [6.07, 6.45) is 2.01. The largest absolute Gasteiger partial charge is 0.338 e. The summed E-state index contributed by atoms with van der Waals surface area (Å²) >= 11 is 9.31. The first-order valence-electron chi connectivity index (χ1n) is 5.92. The van der Waals surface area contributed by atoms with Crippen molar-refractivity contribution in [3.8, 4) is 0 Å². The Kier molecular flexibility index (Phi) is 4.62. The van der Waals surface area contributed by atoms with Gasteiger partial charge in [0.2, 0.25) is 0 Å². The van der Waals surface area contributed by atoms with E-state index >= 15 is 0 Å². The van der Waals surface area contributed by atoms with Crippen LogP contribution in [0.2, 0.25) is 5.02 Å². The molecule has 1 amide bonds. The molecule has 1 aliphatic rings. The van der Waals surface area contributed by atoms with Crippen LogP contribution in [0.25, 0.3) is 0 Å². The summed E-state index contributed by atoms with van der Waals surface area (Å²) in [5.74, 6) is -0.342. The molecule has 0 aliphatic carbocycles. The van der Waals surface area contributed by atoms with Gasteiger partial charge in [-0.2, -0.15) is 0 Å². The number of carbonyl (C=O) groups excluding carboxylic acids is 1. The van der Waals surface area contributed by atoms with E-state index in [0.717, 1.165) is 18.2 Å². The minimum atomic E-state index is -0.545. The fraction of sp³-hybridized carbons (Fsp3) is 0.462. The molecule has 1 unspecified atom stereocenters. The molecule has 0 radical (unpaired) electrons. The lowest BCUT2D eigenvalue weighted by Gasteiger charge is -2.17. The number of hydrogen-bond acceptors (Lipinski definition) is 1. The van der Waals surface area contributed by atoms with E-state index in [1.54, 1.807) is 11.0 Å². The second-order valence-electron chi connectivity index (χ2n) is 4.48. The van der Waals surface area contributed by atoms with E-state index in [0.29, 0.717) is 19.0 Å². The van der Waals surface area contributed by atoms with E-state index in [1.807, 2.05) is 0 Å². The van der Waals surface area contributed by atoms with Gasteiger partial charge >= 0.3 is 0 Å². The van der Waals surface area contributed by atoms with Crippen molar-refractivity contribution < 1.29 is 9.18 Å². The van der Waals surface area contributed by atoms with Crippen molar-refractivity contribution in [2.75, 3.05) is 18.4 Å². The zero-order chi connectivity index (χ0) is 13.1. The highest BCUT2D eigenvalue weighted by Gasteiger charge is 2.29. The Hall–Kier alpha value is -0.610. The minimum absolute atomic E-state index is 0.00124. The van der Waals surface area contributed by atoms with Crippen LogP contribution in [0.4, 0.5) is 4.39 Å². The molecule has 1 aromatic carbocycles. The van der Waals surface area contributed by atoms with Crippen molar-refractivity contribution in [3.63, 3.8) is 0 Å². The summed E-state index contributed by atoms with van der Waals surface area (Å²) in [7, 11) is 0. The maximum Gasteiger partial charge on any atom is 0.258 e. The minimum Gasteiger partial charge on any atom is -0.338 e. The van der Waals surface area contributed by atoms with Crippen molar-refractivity contribution in [3.05, 3.63) is 34.6 Å². The van der Waals surface area contributed by atoms with E-state index in [1.165, 1.54) is 12.1 Å². The zero-order valence-corrected chi connectivity index (χ0v) is 12.2. The zero-order valence-electron chi connectivity index (χ0n) is 9.83. The average Bonchev–Trinajstić information content (AvgIpc) is 2.78. The Morgan fingerprint density at radius 1 is 1.56 bits per heavy atom. The lowest BCUT2D eigenvalue weighted by molar-refractivity contribution is 0.0782. The Morgan fingerprint density at radius 3 is 3.00 bits per heavy atom. The highest BCUT2D eigenvalue weighted by molar-refractivity contribution is 9.09. The quantitative estimate of drug-likeness (QED) is 0.771. The summed E-state index contributed by atoms with van der Waals surface area (Å²) in [6, 6.07) is 4.32. The molecule has 1 fully saturated rings. The van der Waals surface area contributed by atoms with Crippen molar-refractivity contribution in [1.82, 2.24) is 4.90 Å². The molecule has 18 heavy (non-hydrogen) atoms. The van der Waals surface area contributed by atoms with Gasteiger partial charge in [-0.15, -0.1) is 0 Å². The van der Waals surface area contributed by atoms with Crippen molar-refractivity contribution in [2.24, 2.45) is 5.92 Å². The van der Waals surface area contributed by atoms with E-state index < -0.39 is 5.82 Å². The number of benzene rings is 1. The molecule has 2 rings (SSSR count). The summed E-state index contributed by atoms with van der Waals surface area (Å²) in [5, 5.41) is 1.11. The maximum atomic E-state index is 13.7. The molecule has 0 bridgehead atoms. The van der Waals surface area contributed by atoms with Crippen LogP contribution in [0, 0.1) is 11.7 Å². The third kappa shape index (κ3) is 2.86. The molecule has 1 atom stereocenters. The molecule has 0 aromatic heterocycles. The van der Waals surface area contributed by atoms with Crippen LogP contribution in [-0.4, -0.2) is 29.2 Å². The third-order valence-corrected chi connectivity index (χ3v) is 4.04. The van der Waals surface area contributed by atoms with Gasteiger partial charge in [0.05, 0.1) is 10.6 Å². The molecule has 0 N–H and O–H groups in total. The monoisotopic (exact) mass is 333 g/mol. The van der Waals surface area contributed by atoms with Crippen LogP contribution in [0.3, 0.4) is 0 Å². The van der Waals surface area contributed by atoms with Crippen LogP contribution in [-0.2, 0) is 0 Å². The van der Waals surface area contributed by atoms with Crippen molar-refractivity contribution in [1.29, 1.82) is 0 Å². The molecule has 0 saturated carbocycles. The summed E-state index contributed by atoms with van der Waals surface area (Å²) < 4.78 is 13.7. The van der Waals surface area contributed by atoms with Gasteiger partial charge in [-0.05, 0) is 30.9 Å². The number of likely N-dealkylation sites (tertiary alicyclic amines) is 1. The van der Waals surface area contributed by atoms with Crippen LogP contribution in [0.5, 0.6) is 0 Å². The summed E-state index contributed by atoms with van der Waals surface area (Å²) in [5.41, 5.74) is -0.00124. The van der Waals surface area contributed by atoms with Crippen LogP contribution >= 0.6 is 27.5 Å². The second-order valence-corrected chi connectivity index (χ2v) is 5.68. The fourth-order valence-electron chi connectivity index (χ4n) is 2.27. The van der Waals surface area contributed by atoms with Crippen LogP contribution in [0.1, 0.15) is 23.2 Å². The summed E-state index contributed by atoms with van der Waals surface area (Å²) in [4.78, 5) is 13.9. The van der Waals surface area contributed by atoms with E-state index in [-0.39, 0.29) is 16.5 Å². The molecule has 1 aromatic rings. The molecule has 1 heterocycles. The number of halogens is 3. The van der Waals surface area contributed by atoms with E-state index in [4.69, 9.17) is 11.6 Å². The highest BCUT2D eigenvalue weighted by Crippen LogP contribution is 2.26. The van der Waals surface area contributed by atoms with Gasteiger partial charge in [-0.1, -0.05) is 33.6 Å². The number of rotatable bonds is 3. The van der Waals surface area contributed by atoms with E-state index in [9.17, 15) is 9.18 Å². The lowest BCUT2D eigenvalue weighted by atomic mass is 10.1. The Labute approximate surface area is 119 Å². The SMILES string of the molecule is O=C(c1c(F)cccc1Cl)N1CCC(CCBr)C1. The number of carbonyl (C=O) groups is 1. The van der Waals surface area contributed by atoms with Gasteiger partial charge in [0.1, 0.15) is 5.82 Å². The van der Waals surface area contributed by atoms with Gasteiger partial charge in [-0.3, -0.25) is 4.79 Å². The first-order valence-corrected chi connectivity index (χ1v) is 7.42. The van der Waals surface area contributed by atoms with Crippen molar-refractivity contribution in [2.45, 2.75) is 12.8 Å². The lowest BCUT2D eigenvalue weighted by Crippen LogP contribution is -2.29. The number of alkyl halides is 1. The molecule has 1 aliphatic heterocycles. The predicted molar refractivity (Wildman–Crippen MR) is 73.8 cm³/mol. The Morgan fingerprint density at radius 2 is 2.33 bits per heavy atom. The number of hydrogen-bond donors (Lipinski definition) is 0. The molecular weight excluding hydrogens is 321 g/mol. The number of nitrogens with zero attached hydrogens (tertiary/aromatic N) is 1. The van der Waals surface area contributed by atoms with Gasteiger partial charge in [0.15, 0.2) is 0 Å². The standard InChI is InChI=1S/C13H14BrClFNO/c14-6-4-9-5-7-17(8-9)13(18)12-10(15)2-1-3-11(12)16/h1-3,9H,4-8H2. The van der Waals surface area contributed by atoms with Crippen LogP contribution < -0.4 is 0 Å². The molecule has 5 heteroatoms. The normalized spacial score (nSPS) is 19.3. The van der Waals surface area contributed by atoms with Gasteiger partial charge in [-0.25, -0.2) is 4.39 Å². The molecule has 0 spiro atoms. The molecular formula is C13H14BrClFNO. The molecule has 1 saturated heterocycles. The predicted octanol–water partition coefficient (Wildman–Crippen LogP) is 3.73. The topological polar surface area (TPSA) is 20.3 Å². The molecule has 98 valence electrons. The smallest absolute Gasteiger partial charge is 0.258 e. The van der Waals surface area contributed by atoms with Crippen LogP contribution in [0.15, 0.2) is 18.2 Å².